The van der Waals surface area contributed by atoms with Gasteiger partial charge >= 0.3 is 0 Å². The van der Waals surface area contributed by atoms with E-state index in [9.17, 15) is 14.0 Å². The molecule has 0 bridgehead atoms. The van der Waals surface area contributed by atoms with Crippen molar-refractivity contribution in [3.8, 4) is 23.1 Å². The maximum absolute atomic E-state index is 15.1. The van der Waals surface area contributed by atoms with Gasteiger partial charge in [0.2, 0.25) is 11.8 Å². The number of nitriles is 1. The van der Waals surface area contributed by atoms with Crippen molar-refractivity contribution in [2.75, 3.05) is 32.1 Å². The molecule has 1 saturated heterocycles. The van der Waals surface area contributed by atoms with Crippen LogP contribution in [-0.4, -0.2) is 79.9 Å². The van der Waals surface area contributed by atoms with E-state index in [1.165, 1.54) is 11.8 Å². The Labute approximate surface area is 217 Å². The Kier molecular flexibility index (Phi) is 6.83. The van der Waals surface area contributed by atoms with E-state index in [-0.39, 0.29) is 18.4 Å². The number of anilines is 1. The van der Waals surface area contributed by atoms with E-state index < -0.39 is 30.6 Å². The zero-order chi connectivity index (χ0) is 27.0. The summed E-state index contributed by atoms with van der Waals surface area (Å²) in [4.78, 5) is 6.46. The second kappa shape index (κ2) is 10.1. The predicted octanol–water partition coefficient (Wildman–Crippen LogP) is 3.79. The summed E-state index contributed by atoms with van der Waals surface area (Å²) in [5, 5.41) is 24.7. The van der Waals surface area contributed by atoms with E-state index in [0.717, 1.165) is 11.1 Å². The van der Waals surface area contributed by atoms with Gasteiger partial charge < -0.3 is 10.1 Å². The van der Waals surface area contributed by atoms with Crippen LogP contribution in [0.3, 0.4) is 0 Å². The highest BCUT2D eigenvalue weighted by molar-refractivity contribution is 5.89. The quantitative estimate of drug-likeness (QED) is 0.369. The molecule has 1 aliphatic heterocycles. The molecule has 4 heterocycles. The molecule has 4 aromatic rings. The largest absolute Gasteiger partial charge is 0.479 e. The highest BCUT2D eigenvalue weighted by atomic mass is 19.3. The number of halogens is 3. The molecule has 10 nitrogen and oxygen atoms in total. The van der Waals surface area contributed by atoms with Crippen molar-refractivity contribution in [2.24, 2.45) is 5.41 Å². The summed E-state index contributed by atoms with van der Waals surface area (Å²) >= 11 is 0. The van der Waals surface area contributed by atoms with Crippen molar-refractivity contribution < 1.29 is 17.9 Å². The Morgan fingerprint density at radius 2 is 2.11 bits per heavy atom. The molecule has 0 amide bonds. The monoisotopic (exact) mass is 527 g/mol. The van der Waals surface area contributed by atoms with E-state index in [1.807, 2.05) is 30.9 Å². The van der Waals surface area contributed by atoms with Crippen LogP contribution < -0.4 is 10.1 Å². The van der Waals surface area contributed by atoms with Gasteiger partial charge in [-0.2, -0.15) is 10.2 Å². The van der Waals surface area contributed by atoms with Gasteiger partial charge in [0.15, 0.2) is 0 Å². The van der Waals surface area contributed by atoms with Crippen LogP contribution in [0.2, 0.25) is 0 Å². The molecule has 0 aliphatic carbocycles. The molecular formula is C25H28F3N9O. The minimum atomic E-state index is -2.56. The predicted molar refractivity (Wildman–Crippen MR) is 135 cm³/mol. The van der Waals surface area contributed by atoms with Gasteiger partial charge in [-0.3, -0.25) is 4.90 Å². The lowest BCUT2D eigenvalue weighted by Crippen LogP contribution is -2.50. The van der Waals surface area contributed by atoms with Crippen molar-refractivity contribution in [1.82, 2.24) is 34.5 Å². The zero-order valence-electron chi connectivity index (χ0n) is 21.3. The number of likely N-dealkylation sites (tertiary alicyclic amines) is 1. The number of hydrogen-bond donors (Lipinski definition) is 1. The lowest BCUT2D eigenvalue weighted by atomic mass is 9.93. The maximum Gasteiger partial charge on any atom is 0.258 e. The minimum absolute atomic E-state index is 0.218. The van der Waals surface area contributed by atoms with Crippen molar-refractivity contribution in [3.63, 3.8) is 0 Å². The van der Waals surface area contributed by atoms with Crippen LogP contribution in [0.5, 0.6) is 5.88 Å². The van der Waals surface area contributed by atoms with Gasteiger partial charge in [0.1, 0.15) is 23.7 Å². The highest BCUT2D eigenvalue weighted by Crippen LogP contribution is 2.33. The number of aromatic nitrogens is 6. The molecular weight excluding hydrogens is 499 g/mol. The highest BCUT2D eigenvalue weighted by Gasteiger charge is 2.33. The molecule has 0 saturated carbocycles. The SMILES string of the molecule is COc1nc(N[C@H]2CCN(CC(C)(C)C#N)C[C@H]2F)nn2ccc(-c3ccc4nnn(CC(F)F)c4c3)c12. The number of nitrogens with one attached hydrogen (secondary N) is 1. The molecule has 0 radical (unpaired) electrons. The first-order valence-corrected chi connectivity index (χ1v) is 12.3. The normalized spacial score (nSPS) is 18.8. The van der Waals surface area contributed by atoms with Gasteiger partial charge in [-0.1, -0.05) is 11.3 Å². The number of hydrogen-bond acceptors (Lipinski definition) is 8. The first-order chi connectivity index (χ1) is 18.2. The third-order valence-electron chi connectivity index (χ3n) is 6.67. The van der Waals surface area contributed by atoms with Crippen LogP contribution in [0.1, 0.15) is 20.3 Å². The van der Waals surface area contributed by atoms with Gasteiger partial charge in [-0.25, -0.2) is 22.4 Å². The Bertz CT molecular complexity index is 1490. The van der Waals surface area contributed by atoms with Crippen LogP contribution >= 0.6 is 0 Å². The minimum Gasteiger partial charge on any atom is -0.479 e. The van der Waals surface area contributed by atoms with E-state index in [4.69, 9.17) is 4.74 Å². The van der Waals surface area contributed by atoms with Crippen LogP contribution in [-0.2, 0) is 6.54 Å². The molecule has 3 aromatic heterocycles. The van der Waals surface area contributed by atoms with Gasteiger partial charge in [0.25, 0.3) is 6.43 Å². The van der Waals surface area contributed by atoms with Gasteiger partial charge in [0.05, 0.1) is 30.2 Å². The Hall–Kier alpha value is -3.92. The summed E-state index contributed by atoms with van der Waals surface area (Å²) < 4.78 is 49.3. The van der Waals surface area contributed by atoms with Crippen molar-refractivity contribution in [1.29, 1.82) is 5.26 Å². The molecule has 0 unspecified atom stereocenters. The molecule has 1 N–H and O–H groups in total. The van der Waals surface area contributed by atoms with Gasteiger partial charge in [-0.05, 0) is 44.0 Å². The van der Waals surface area contributed by atoms with Gasteiger partial charge in [-0.15, -0.1) is 10.2 Å². The lowest BCUT2D eigenvalue weighted by molar-refractivity contribution is 0.104. The Morgan fingerprint density at radius 1 is 1.29 bits per heavy atom. The average molecular weight is 528 g/mol. The number of methoxy groups -OCH3 is 1. The third-order valence-corrected chi connectivity index (χ3v) is 6.67. The summed E-state index contributed by atoms with van der Waals surface area (Å²) in [6.07, 6.45) is -1.46. The molecule has 5 rings (SSSR count). The third kappa shape index (κ3) is 5.08. The molecule has 200 valence electrons. The number of alkyl halides is 3. The van der Waals surface area contributed by atoms with E-state index in [2.05, 4.69) is 31.8 Å². The topological polar surface area (TPSA) is 109 Å². The summed E-state index contributed by atoms with van der Waals surface area (Å²) in [6.45, 7) is 4.51. The number of piperidine rings is 1. The van der Waals surface area contributed by atoms with E-state index >= 15 is 4.39 Å². The Morgan fingerprint density at radius 3 is 2.82 bits per heavy atom. The number of ether oxygens (including phenoxy) is 1. The molecule has 38 heavy (non-hydrogen) atoms. The number of rotatable bonds is 8. The molecule has 1 fully saturated rings. The van der Waals surface area contributed by atoms with Crippen molar-refractivity contribution in [3.05, 3.63) is 30.5 Å². The van der Waals surface area contributed by atoms with Crippen LogP contribution in [0.4, 0.5) is 19.1 Å². The number of benzene rings is 1. The maximum atomic E-state index is 15.1. The molecule has 13 heteroatoms. The van der Waals surface area contributed by atoms with E-state index in [1.54, 1.807) is 22.8 Å². The number of fused-ring (bicyclic) bond motifs is 2. The lowest BCUT2D eigenvalue weighted by Gasteiger charge is -2.37. The summed E-state index contributed by atoms with van der Waals surface area (Å²) in [7, 11) is 1.49. The first kappa shape index (κ1) is 25.7. The van der Waals surface area contributed by atoms with Gasteiger partial charge in [0, 0.05) is 31.4 Å². The second-order valence-corrected chi connectivity index (χ2v) is 10.1. The fraction of sp³-hybridized carbons (Fsp3) is 0.480. The fourth-order valence-electron chi connectivity index (χ4n) is 4.86. The number of nitrogens with zero attached hydrogens (tertiary/aromatic N) is 8. The molecule has 0 spiro atoms. The summed E-state index contributed by atoms with van der Waals surface area (Å²) in [5.74, 6) is 0.509. The first-order valence-electron chi connectivity index (χ1n) is 12.3. The summed E-state index contributed by atoms with van der Waals surface area (Å²) in [6, 6.07) is 8.88. The summed E-state index contributed by atoms with van der Waals surface area (Å²) in [5.41, 5.74) is 2.50. The van der Waals surface area contributed by atoms with Crippen molar-refractivity contribution in [2.45, 2.75) is 45.5 Å². The molecule has 2 atom stereocenters. The average Bonchev–Trinajstić information content (AvgIpc) is 3.48. The smallest absolute Gasteiger partial charge is 0.258 e. The van der Waals surface area contributed by atoms with Crippen LogP contribution in [0, 0.1) is 16.7 Å². The molecule has 1 aromatic carbocycles. The Balaban J connectivity index is 1.39. The van der Waals surface area contributed by atoms with Crippen LogP contribution in [0.25, 0.3) is 27.7 Å². The van der Waals surface area contributed by atoms with Crippen LogP contribution in [0.15, 0.2) is 30.5 Å². The van der Waals surface area contributed by atoms with E-state index in [0.29, 0.717) is 36.1 Å². The molecule has 1 aliphatic rings. The second-order valence-electron chi connectivity index (χ2n) is 10.1. The zero-order valence-corrected chi connectivity index (χ0v) is 21.3. The fourth-order valence-corrected chi connectivity index (χ4v) is 4.86. The standard InChI is InChI=1S/C25H28F3N9O/c1-25(2,13-29)14-35-8-7-18(17(26)11-35)30-24-31-23(38-3)22-16(6-9-36(22)33-24)15-4-5-19-20(10-15)37(34-32-19)12-21(27)28/h4-6,9-10,17-18,21H,7-8,11-12,14H2,1-3H3,(H,30,33)/t17-,18+/m1/s1. The van der Waals surface area contributed by atoms with Crippen molar-refractivity contribution >= 4 is 22.5 Å².